The van der Waals surface area contributed by atoms with E-state index in [0.29, 0.717) is 23.5 Å². The summed E-state index contributed by atoms with van der Waals surface area (Å²) in [5.74, 6) is -0.299. The fourth-order valence-electron chi connectivity index (χ4n) is 4.11. The fourth-order valence-corrected chi connectivity index (χ4v) is 6.15. The Morgan fingerprint density at radius 1 is 0.842 bits per heavy atom. The summed E-state index contributed by atoms with van der Waals surface area (Å²) in [6.45, 7) is 2.04. The number of aryl methyl sites for hydroxylation is 1. The van der Waals surface area contributed by atoms with Gasteiger partial charge in [0.1, 0.15) is 0 Å². The molecule has 0 atom stereocenters. The molecule has 0 saturated heterocycles. The quantitative estimate of drug-likeness (QED) is 0.284. The van der Waals surface area contributed by atoms with Crippen molar-refractivity contribution in [2.45, 2.75) is 24.7 Å². The lowest BCUT2D eigenvalue weighted by Crippen LogP contribution is -2.31. The van der Waals surface area contributed by atoms with Crippen LogP contribution in [0.1, 0.15) is 18.4 Å². The maximum absolute atomic E-state index is 13.0. The van der Waals surface area contributed by atoms with E-state index in [2.05, 4.69) is 10.0 Å². The topological polar surface area (TPSA) is 113 Å². The minimum atomic E-state index is -3.84. The number of carbonyl (C=O) groups excluding carboxylic acids is 1. The Labute approximate surface area is 223 Å². The smallest absolute Gasteiger partial charge is 0.261 e. The normalized spacial score (nSPS) is 11.7. The summed E-state index contributed by atoms with van der Waals surface area (Å²) in [4.78, 5) is 12.5. The van der Waals surface area contributed by atoms with Gasteiger partial charge in [0.25, 0.3) is 10.0 Å². The van der Waals surface area contributed by atoms with Crippen LogP contribution in [0.25, 0.3) is 10.8 Å². The van der Waals surface area contributed by atoms with Gasteiger partial charge in [-0.3, -0.25) is 13.8 Å². The number of anilines is 3. The Hall–Kier alpha value is -3.89. The Balaban J connectivity index is 1.36. The van der Waals surface area contributed by atoms with Gasteiger partial charge in [-0.05, 0) is 66.8 Å². The molecule has 0 radical (unpaired) electrons. The van der Waals surface area contributed by atoms with Gasteiger partial charge in [0.2, 0.25) is 15.9 Å². The molecule has 0 spiro atoms. The van der Waals surface area contributed by atoms with Crippen molar-refractivity contribution in [3.8, 4) is 0 Å². The van der Waals surface area contributed by atoms with E-state index in [4.69, 9.17) is 0 Å². The highest BCUT2D eigenvalue weighted by molar-refractivity contribution is 7.92. The van der Waals surface area contributed by atoms with Crippen LogP contribution in [0.2, 0.25) is 0 Å². The van der Waals surface area contributed by atoms with Gasteiger partial charge in [0.05, 0.1) is 22.5 Å². The third kappa shape index (κ3) is 6.70. The lowest BCUT2D eigenvalue weighted by Gasteiger charge is -2.22. The van der Waals surface area contributed by atoms with Crippen LogP contribution in [-0.2, 0) is 24.8 Å². The lowest BCUT2D eigenvalue weighted by molar-refractivity contribution is -0.116. The molecule has 0 unspecified atom stereocenters. The van der Waals surface area contributed by atoms with Crippen molar-refractivity contribution >= 4 is 53.8 Å². The van der Waals surface area contributed by atoms with Crippen molar-refractivity contribution in [1.29, 1.82) is 0 Å². The molecule has 0 aliphatic heterocycles. The second-order valence-electron chi connectivity index (χ2n) is 8.98. The first-order valence-electron chi connectivity index (χ1n) is 12.0. The summed E-state index contributed by atoms with van der Waals surface area (Å²) in [6.07, 6.45) is 1.55. The molecule has 198 valence electrons. The van der Waals surface area contributed by atoms with Gasteiger partial charge >= 0.3 is 0 Å². The molecule has 0 fully saturated rings. The molecule has 0 bridgehead atoms. The van der Waals surface area contributed by atoms with Crippen molar-refractivity contribution in [3.05, 3.63) is 96.6 Å². The van der Waals surface area contributed by atoms with Gasteiger partial charge in [-0.15, -0.1) is 0 Å². The van der Waals surface area contributed by atoms with E-state index in [1.54, 1.807) is 30.3 Å². The molecule has 10 heteroatoms. The third-order valence-electron chi connectivity index (χ3n) is 5.94. The van der Waals surface area contributed by atoms with Gasteiger partial charge in [0, 0.05) is 24.0 Å². The van der Waals surface area contributed by atoms with Gasteiger partial charge in [0.15, 0.2) is 0 Å². The van der Waals surface area contributed by atoms with E-state index < -0.39 is 20.0 Å². The minimum absolute atomic E-state index is 0.0605. The number of nitrogens with zero attached hydrogens (tertiary/aromatic N) is 1. The van der Waals surface area contributed by atoms with Crippen molar-refractivity contribution in [3.63, 3.8) is 0 Å². The van der Waals surface area contributed by atoms with Crippen molar-refractivity contribution in [2.75, 3.05) is 27.1 Å². The summed E-state index contributed by atoms with van der Waals surface area (Å²) >= 11 is 0. The molecule has 4 aromatic rings. The number of fused-ring (bicyclic) bond motifs is 1. The molecule has 0 heterocycles. The number of hydrogen-bond acceptors (Lipinski definition) is 5. The van der Waals surface area contributed by atoms with Gasteiger partial charge < -0.3 is 5.32 Å². The average molecular weight is 552 g/mol. The molecule has 4 rings (SSSR count). The molecule has 0 aromatic heterocycles. The second kappa shape index (κ2) is 11.2. The minimum Gasteiger partial charge on any atom is -0.326 e. The first-order valence-corrected chi connectivity index (χ1v) is 15.3. The number of sulfonamides is 2. The Morgan fingerprint density at radius 2 is 1.53 bits per heavy atom. The number of rotatable bonds is 10. The van der Waals surface area contributed by atoms with E-state index in [0.717, 1.165) is 22.6 Å². The van der Waals surface area contributed by atoms with Crippen LogP contribution in [0.3, 0.4) is 0 Å². The van der Waals surface area contributed by atoms with Crippen molar-refractivity contribution < 1.29 is 21.6 Å². The van der Waals surface area contributed by atoms with Gasteiger partial charge in [-0.25, -0.2) is 16.8 Å². The summed E-state index contributed by atoms with van der Waals surface area (Å²) in [6, 6.07) is 26.0. The number of benzene rings is 4. The maximum atomic E-state index is 13.0. The van der Waals surface area contributed by atoms with E-state index in [1.165, 1.54) is 28.6 Å². The second-order valence-corrected chi connectivity index (χ2v) is 12.6. The highest BCUT2D eigenvalue weighted by Crippen LogP contribution is 2.26. The Morgan fingerprint density at radius 3 is 2.24 bits per heavy atom. The predicted octanol–water partition coefficient (Wildman–Crippen LogP) is 5.13. The van der Waals surface area contributed by atoms with Gasteiger partial charge in [-0.2, -0.15) is 0 Å². The van der Waals surface area contributed by atoms with E-state index in [1.807, 2.05) is 43.3 Å². The standard InChI is InChI=1S/C28H29N3O5S2/c1-21-8-5-11-24(20-21)31(37(2,33)34)19-7-14-28(32)29-23-15-17-25(18-16-23)38(35,36)30-27-13-6-10-22-9-3-4-12-26(22)27/h3-6,8-13,15-18,20,30H,7,14,19H2,1-2H3,(H,29,32). The lowest BCUT2D eigenvalue weighted by atomic mass is 10.1. The summed E-state index contributed by atoms with van der Waals surface area (Å²) in [5.41, 5.74) is 2.42. The zero-order chi connectivity index (χ0) is 27.3. The first-order chi connectivity index (χ1) is 18.0. The Kier molecular flexibility index (Phi) is 8.03. The largest absolute Gasteiger partial charge is 0.326 e. The Bertz CT molecular complexity index is 1660. The van der Waals surface area contributed by atoms with Crippen molar-refractivity contribution in [2.24, 2.45) is 0 Å². The first kappa shape index (κ1) is 27.2. The number of hydrogen-bond donors (Lipinski definition) is 2. The molecule has 2 N–H and O–H groups in total. The summed E-state index contributed by atoms with van der Waals surface area (Å²) in [7, 11) is -7.35. The van der Waals surface area contributed by atoms with Crippen molar-refractivity contribution in [1.82, 2.24) is 0 Å². The molecule has 0 saturated carbocycles. The average Bonchev–Trinajstić information content (AvgIpc) is 2.86. The number of carbonyl (C=O) groups is 1. The zero-order valence-corrected chi connectivity index (χ0v) is 22.7. The molecule has 0 aliphatic rings. The van der Waals surface area contributed by atoms with Crippen LogP contribution in [-0.4, -0.2) is 35.5 Å². The number of nitrogens with one attached hydrogen (secondary N) is 2. The summed E-state index contributed by atoms with van der Waals surface area (Å²) in [5, 5.41) is 4.45. The number of amides is 1. The SMILES string of the molecule is Cc1cccc(N(CCCC(=O)Nc2ccc(S(=O)(=O)Nc3cccc4ccccc34)cc2)S(C)(=O)=O)c1. The van der Waals surface area contributed by atoms with Crippen LogP contribution >= 0.6 is 0 Å². The van der Waals surface area contributed by atoms with Crippen LogP contribution in [0.4, 0.5) is 17.1 Å². The highest BCUT2D eigenvalue weighted by atomic mass is 32.2. The molecular weight excluding hydrogens is 522 g/mol. The monoisotopic (exact) mass is 551 g/mol. The third-order valence-corrected chi connectivity index (χ3v) is 8.51. The molecule has 4 aromatic carbocycles. The molecular formula is C28H29N3O5S2. The van der Waals surface area contributed by atoms with E-state index >= 15 is 0 Å². The van der Waals surface area contributed by atoms with Crippen LogP contribution in [0.5, 0.6) is 0 Å². The molecule has 0 aliphatic carbocycles. The molecule has 8 nitrogen and oxygen atoms in total. The van der Waals surface area contributed by atoms with Crippen LogP contribution < -0.4 is 14.3 Å². The van der Waals surface area contributed by atoms with E-state index in [9.17, 15) is 21.6 Å². The predicted molar refractivity (Wildman–Crippen MR) is 152 cm³/mol. The van der Waals surface area contributed by atoms with Crippen LogP contribution in [0.15, 0.2) is 95.9 Å². The highest BCUT2D eigenvalue weighted by Gasteiger charge is 2.18. The van der Waals surface area contributed by atoms with Gasteiger partial charge in [-0.1, -0.05) is 48.5 Å². The molecule has 38 heavy (non-hydrogen) atoms. The van der Waals surface area contributed by atoms with Crippen LogP contribution in [0, 0.1) is 6.92 Å². The summed E-state index contributed by atoms with van der Waals surface area (Å²) < 4.78 is 54.4. The maximum Gasteiger partial charge on any atom is 0.261 e. The molecule has 1 amide bonds. The fraction of sp³-hybridized carbons (Fsp3) is 0.179. The van der Waals surface area contributed by atoms with E-state index in [-0.39, 0.29) is 23.8 Å². The zero-order valence-electron chi connectivity index (χ0n) is 21.1.